The van der Waals surface area contributed by atoms with E-state index in [4.69, 9.17) is 4.74 Å². The molecule has 0 aliphatic heterocycles. The molecule has 0 fully saturated rings. The summed E-state index contributed by atoms with van der Waals surface area (Å²) in [6.45, 7) is 1.90. The number of nitrogens with zero attached hydrogens (tertiary/aromatic N) is 3. The first kappa shape index (κ1) is 20.2. The number of aromatic hydroxyl groups is 1. The number of para-hydroxylation sites is 1. The van der Waals surface area contributed by atoms with Crippen LogP contribution in [-0.2, 0) is 4.79 Å². The van der Waals surface area contributed by atoms with E-state index in [-0.39, 0.29) is 17.4 Å². The Hall–Kier alpha value is -3.53. The molecule has 0 aliphatic carbocycles. The van der Waals surface area contributed by atoms with Crippen molar-refractivity contribution in [2.45, 2.75) is 12.1 Å². The van der Waals surface area contributed by atoms with Gasteiger partial charge in [-0.2, -0.15) is 10.1 Å². The number of nitrogens with one attached hydrogen (secondary N) is 3. The third-order valence-electron chi connectivity index (χ3n) is 3.82. The second kappa shape index (κ2) is 9.60. The average Bonchev–Trinajstić information content (AvgIpc) is 3.17. The average molecular weight is 412 g/mol. The highest BCUT2D eigenvalue weighted by atomic mass is 32.2. The molecule has 9 nitrogen and oxygen atoms in total. The normalized spacial score (nSPS) is 10.8. The zero-order chi connectivity index (χ0) is 20.6. The molecule has 3 aromatic rings. The molecule has 1 aromatic heterocycles. The fourth-order valence-electron chi connectivity index (χ4n) is 2.34. The lowest BCUT2D eigenvalue weighted by molar-refractivity contribution is -0.113. The first-order valence-electron chi connectivity index (χ1n) is 8.62. The number of phenols is 1. The zero-order valence-electron chi connectivity index (χ0n) is 15.8. The van der Waals surface area contributed by atoms with Crippen molar-refractivity contribution in [3.8, 4) is 11.5 Å². The molecule has 0 saturated carbocycles. The number of methoxy groups -OCH3 is 1. The van der Waals surface area contributed by atoms with E-state index in [0.717, 1.165) is 17.0 Å². The number of aryl methyl sites for hydroxylation is 1. The molecule has 0 unspecified atom stereocenters. The van der Waals surface area contributed by atoms with Gasteiger partial charge in [0.25, 0.3) is 0 Å². The number of carbonyl (C=O) groups is 1. The van der Waals surface area contributed by atoms with Crippen molar-refractivity contribution in [2.75, 3.05) is 23.6 Å². The summed E-state index contributed by atoms with van der Waals surface area (Å²) in [6.07, 6.45) is 1.47. The van der Waals surface area contributed by atoms with Crippen molar-refractivity contribution < 1.29 is 14.6 Å². The van der Waals surface area contributed by atoms with Crippen molar-refractivity contribution >= 4 is 35.5 Å². The van der Waals surface area contributed by atoms with Gasteiger partial charge in [-0.05, 0) is 42.8 Å². The Bertz CT molecular complexity index is 1020. The van der Waals surface area contributed by atoms with Gasteiger partial charge in [0.15, 0.2) is 0 Å². The smallest absolute Gasteiger partial charge is 0.240 e. The highest BCUT2D eigenvalue weighted by Gasteiger charge is 2.09. The summed E-state index contributed by atoms with van der Waals surface area (Å²) < 4.78 is 5.16. The predicted molar refractivity (Wildman–Crippen MR) is 113 cm³/mol. The van der Waals surface area contributed by atoms with Crippen LogP contribution in [0.2, 0.25) is 0 Å². The summed E-state index contributed by atoms with van der Waals surface area (Å²) in [5, 5.41) is 23.6. The monoisotopic (exact) mass is 412 g/mol. The first-order chi connectivity index (χ1) is 14.0. The molecule has 0 saturated heterocycles. The highest BCUT2D eigenvalue weighted by Crippen LogP contribution is 2.22. The van der Waals surface area contributed by atoms with E-state index in [1.165, 1.54) is 18.0 Å². The van der Waals surface area contributed by atoms with Crippen molar-refractivity contribution in [1.29, 1.82) is 0 Å². The van der Waals surface area contributed by atoms with Crippen LogP contribution in [0.25, 0.3) is 0 Å². The van der Waals surface area contributed by atoms with Gasteiger partial charge in [0.05, 0.1) is 19.1 Å². The van der Waals surface area contributed by atoms with E-state index in [0.29, 0.717) is 16.7 Å². The quantitative estimate of drug-likeness (QED) is 0.255. The van der Waals surface area contributed by atoms with E-state index in [1.54, 1.807) is 43.5 Å². The number of rotatable bonds is 8. The number of H-pyrrole nitrogens is 1. The van der Waals surface area contributed by atoms with Crippen LogP contribution in [0.1, 0.15) is 11.1 Å². The van der Waals surface area contributed by atoms with Crippen molar-refractivity contribution in [2.24, 2.45) is 5.10 Å². The van der Waals surface area contributed by atoms with Gasteiger partial charge in [0, 0.05) is 11.3 Å². The standard InChI is InChI=1S/C19H20N6O3S/c1-12-9-14(28-2)7-8-15(12)21-17(27)11-29-19-22-18(24-25-19)23-20-10-13-5-3-4-6-16(13)26/h3-10,26H,11H2,1-2H3,(H,21,27)(H2,22,23,24,25)/b20-10+. The maximum atomic E-state index is 12.2. The fraction of sp³-hybridized carbons (Fsp3) is 0.158. The molecule has 0 spiro atoms. The molecule has 0 aliphatic rings. The molecule has 3 rings (SSSR count). The SMILES string of the molecule is COc1ccc(NC(=O)CSc2n[nH]c(N/N=C/c3ccccc3O)n2)c(C)c1. The number of phenolic OH excluding ortho intramolecular Hbond substituents is 1. The van der Waals surface area contributed by atoms with Crippen LogP contribution < -0.4 is 15.5 Å². The molecule has 1 amide bonds. The largest absolute Gasteiger partial charge is 0.507 e. The van der Waals surface area contributed by atoms with Crippen LogP contribution in [0, 0.1) is 6.92 Å². The van der Waals surface area contributed by atoms with E-state index < -0.39 is 0 Å². The van der Waals surface area contributed by atoms with Crippen LogP contribution in [-0.4, -0.2) is 45.3 Å². The Morgan fingerprint density at radius 1 is 1.34 bits per heavy atom. The fourth-order valence-corrected chi connectivity index (χ4v) is 2.94. The number of thioether (sulfide) groups is 1. The molecule has 2 aromatic carbocycles. The van der Waals surface area contributed by atoms with Gasteiger partial charge in [-0.1, -0.05) is 23.9 Å². The van der Waals surface area contributed by atoms with Crippen LogP contribution in [0.15, 0.2) is 52.7 Å². The van der Waals surface area contributed by atoms with Crippen LogP contribution >= 0.6 is 11.8 Å². The molecule has 0 atom stereocenters. The predicted octanol–water partition coefficient (Wildman–Crippen LogP) is 3.00. The number of anilines is 2. The van der Waals surface area contributed by atoms with Crippen molar-refractivity contribution in [3.63, 3.8) is 0 Å². The van der Waals surface area contributed by atoms with Gasteiger partial charge in [-0.3, -0.25) is 4.79 Å². The maximum absolute atomic E-state index is 12.2. The number of aromatic amines is 1. The Morgan fingerprint density at radius 2 is 2.17 bits per heavy atom. The number of hydrogen-bond donors (Lipinski definition) is 4. The lowest BCUT2D eigenvalue weighted by Gasteiger charge is -2.09. The van der Waals surface area contributed by atoms with Gasteiger partial charge in [0.1, 0.15) is 11.5 Å². The summed E-state index contributed by atoms with van der Waals surface area (Å²) in [5.74, 6) is 1.18. The molecular weight excluding hydrogens is 392 g/mol. The Kier molecular flexibility index (Phi) is 6.69. The number of carbonyl (C=O) groups excluding carboxylic acids is 1. The maximum Gasteiger partial charge on any atom is 0.240 e. The third kappa shape index (κ3) is 5.72. The first-order valence-corrected chi connectivity index (χ1v) is 9.60. The molecular formula is C19H20N6O3S. The molecule has 1 heterocycles. The highest BCUT2D eigenvalue weighted by molar-refractivity contribution is 7.99. The second-order valence-electron chi connectivity index (χ2n) is 5.91. The molecule has 0 bridgehead atoms. The summed E-state index contributed by atoms with van der Waals surface area (Å²) in [5.41, 5.74) is 4.90. The summed E-state index contributed by atoms with van der Waals surface area (Å²) in [6, 6.07) is 12.3. The number of hydrazone groups is 1. The van der Waals surface area contributed by atoms with Gasteiger partial charge in [0.2, 0.25) is 17.0 Å². The molecule has 150 valence electrons. The number of ether oxygens (including phenoxy) is 1. The van der Waals surface area contributed by atoms with E-state index in [2.05, 4.69) is 31.0 Å². The Balaban J connectivity index is 1.49. The van der Waals surface area contributed by atoms with Gasteiger partial charge < -0.3 is 15.2 Å². The molecule has 10 heteroatoms. The lowest BCUT2D eigenvalue weighted by atomic mass is 10.2. The van der Waals surface area contributed by atoms with Gasteiger partial charge in [-0.25, -0.2) is 10.5 Å². The number of amides is 1. The number of benzene rings is 2. The van der Waals surface area contributed by atoms with Crippen molar-refractivity contribution in [3.05, 3.63) is 53.6 Å². The Labute approximate surface area is 171 Å². The summed E-state index contributed by atoms with van der Waals surface area (Å²) in [4.78, 5) is 16.4. The minimum atomic E-state index is -0.167. The van der Waals surface area contributed by atoms with Crippen LogP contribution in [0.5, 0.6) is 11.5 Å². The van der Waals surface area contributed by atoms with E-state index >= 15 is 0 Å². The van der Waals surface area contributed by atoms with Crippen LogP contribution in [0.4, 0.5) is 11.6 Å². The van der Waals surface area contributed by atoms with E-state index in [1.807, 2.05) is 13.0 Å². The molecule has 4 N–H and O–H groups in total. The molecule has 0 radical (unpaired) electrons. The van der Waals surface area contributed by atoms with Gasteiger partial charge in [-0.15, -0.1) is 5.10 Å². The lowest BCUT2D eigenvalue weighted by Crippen LogP contribution is -2.15. The number of aromatic nitrogens is 3. The second-order valence-corrected chi connectivity index (χ2v) is 6.86. The topological polar surface area (TPSA) is 125 Å². The third-order valence-corrected chi connectivity index (χ3v) is 4.66. The van der Waals surface area contributed by atoms with Gasteiger partial charge >= 0.3 is 0 Å². The van der Waals surface area contributed by atoms with E-state index in [9.17, 15) is 9.90 Å². The molecule has 29 heavy (non-hydrogen) atoms. The summed E-state index contributed by atoms with van der Waals surface area (Å²) in [7, 11) is 1.60. The summed E-state index contributed by atoms with van der Waals surface area (Å²) >= 11 is 1.19. The minimum absolute atomic E-state index is 0.130. The minimum Gasteiger partial charge on any atom is -0.507 e. The zero-order valence-corrected chi connectivity index (χ0v) is 16.7. The van der Waals surface area contributed by atoms with Crippen LogP contribution in [0.3, 0.4) is 0 Å². The Morgan fingerprint density at radius 3 is 2.93 bits per heavy atom. The van der Waals surface area contributed by atoms with Crippen molar-refractivity contribution in [1.82, 2.24) is 15.2 Å². The number of hydrogen-bond acceptors (Lipinski definition) is 8.